The third-order valence-electron chi connectivity index (χ3n) is 3.57. The zero-order valence-electron chi connectivity index (χ0n) is 12.7. The highest BCUT2D eigenvalue weighted by atomic mass is 16.2. The summed E-state index contributed by atoms with van der Waals surface area (Å²) in [5.41, 5.74) is 4.50. The molecule has 3 nitrogen and oxygen atoms in total. The maximum absolute atomic E-state index is 12.5. The van der Waals surface area contributed by atoms with E-state index >= 15 is 0 Å². The number of hydrogen-bond donors (Lipinski definition) is 1. The zero-order chi connectivity index (χ0) is 15.5. The molecule has 0 saturated carbocycles. The maximum Gasteiger partial charge on any atom is 0.256 e. The quantitative estimate of drug-likeness (QED) is 0.876. The van der Waals surface area contributed by atoms with Crippen molar-refractivity contribution in [1.29, 1.82) is 0 Å². The fraction of sp³-hybridized carbons (Fsp3) is 0.105. The number of nitrogens with zero attached hydrogens (tertiary/aromatic N) is 1. The molecular weight excluding hydrogens is 272 g/mol. The molecule has 0 fully saturated rings. The molecule has 2 aromatic rings. The number of benzene rings is 2. The smallest absolute Gasteiger partial charge is 0.256 e. The van der Waals surface area contributed by atoms with Crippen LogP contribution in [0.1, 0.15) is 11.1 Å². The first-order chi connectivity index (χ1) is 10.7. The molecule has 1 amide bonds. The molecule has 1 aliphatic rings. The fourth-order valence-electron chi connectivity index (χ4n) is 2.55. The van der Waals surface area contributed by atoms with Gasteiger partial charge < -0.3 is 10.2 Å². The monoisotopic (exact) mass is 290 g/mol. The van der Waals surface area contributed by atoms with E-state index in [1.54, 1.807) is 0 Å². The lowest BCUT2D eigenvalue weighted by Crippen LogP contribution is -2.06. The molecule has 0 aliphatic carbocycles. The van der Waals surface area contributed by atoms with Crippen molar-refractivity contribution in [2.75, 3.05) is 19.4 Å². The number of amides is 1. The Morgan fingerprint density at radius 2 is 1.68 bits per heavy atom. The van der Waals surface area contributed by atoms with Crippen molar-refractivity contribution >= 4 is 22.7 Å². The van der Waals surface area contributed by atoms with Crippen LogP contribution in [0.2, 0.25) is 0 Å². The molecule has 0 bridgehead atoms. The van der Waals surface area contributed by atoms with Gasteiger partial charge in [-0.2, -0.15) is 0 Å². The second-order valence-corrected chi connectivity index (χ2v) is 5.43. The van der Waals surface area contributed by atoms with Crippen LogP contribution in [0.15, 0.2) is 66.9 Å². The zero-order valence-corrected chi connectivity index (χ0v) is 12.7. The van der Waals surface area contributed by atoms with Gasteiger partial charge in [0, 0.05) is 25.3 Å². The van der Waals surface area contributed by atoms with Crippen molar-refractivity contribution in [3.8, 4) is 0 Å². The number of para-hydroxylation sites is 1. The van der Waals surface area contributed by atoms with E-state index in [2.05, 4.69) is 5.32 Å². The van der Waals surface area contributed by atoms with Gasteiger partial charge in [-0.1, -0.05) is 48.5 Å². The number of fused-ring (bicyclic) bond motifs is 1. The van der Waals surface area contributed by atoms with Crippen LogP contribution in [0.3, 0.4) is 0 Å². The number of carbonyl (C=O) groups excluding carboxylic acids is 1. The lowest BCUT2D eigenvalue weighted by atomic mass is 9.95. The number of anilines is 1. The molecule has 110 valence electrons. The van der Waals surface area contributed by atoms with E-state index < -0.39 is 0 Å². The summed E-state index contributed by atoms with van der Waals surface area (Å²) in [5, 5.41) is 2.94. The molecule has 1 heterocycles. The topological polar surface area (TPSA) is 32.3 Å². The third-order valence-corrected chi connectivity index (χ3v) is 3.57. The van der Waals surface area contributed by atoms with Gasteiger partial charge in [-0.3, -0.25) is 4.79 Å². The van der Waals surface area contributed by atoms with Crippen molar-refractivity contribution in [2.24, 2.45) is 0 Å². The minimum atomic E-state index is -0.0524. The van der Waals surface area contributed by atoms with E-state index in [9.17, 15) is 4.79 Å². The van der Waals surface area contributed by atoms with E-state index in [1.165, 1.54) is 0 Å². The number of rotatable bonds is 3. The molecule has 1 aliphatic heterocycles. The molecule has 1 N–H and O–H groups in total. The highest BCUT2D eigenvalue weighted by Gasteiger charge is 2.26. The Bertz CT molecular complexity index is 758. The summed E-state index contributed by atoms with van der Waals surface area (Å²) in [6, 6.07) is 17.8. The summed E-state index contributed by atoms with van der Waals surface area (Å²) in [7, 11) is 3.93. The first kappa shape index (κ1) is 14.1. The Balaban J connectivity index is 2.22. The predicted octanol–water partition coefficient (Wildman–Crippen LogP) is 3.62. The minimum Gasteiger partial charge on any atom is -0.383 e. The van der Waals surface area contributed by atoms with E-state index in [1.807, 2.05) is 85.9 Å². The lowest BCUT2D eigenvalue weighted by molar-refractivity contribution is -0.110. The molecular formula is C19H18N2O. The van der Waals surface area contributed by atoms with Crippen LogP contribution in [-0.2, 0) is 4.79 Å². The Hall–Kier alpha value is -2.81. The number of hydrogen-bond acceptors (Lipinski definition) is 2. The van der Waals surface area contributed by atoms with Gasteiger partial charge >= 0.3 is 0 Å². The molecule has 0 unspecified atom stereocenters. The molecule has 2 aromatic carbocycles. The average molecular weight is 290 g/mol. The average Bonchev–Trinajstić information content (AvgIpc) is 2.85. The van der Waals surface area contributed by atoms with Crippen molar-refractivity contribution < 1.29 is 4.79 Å². The van der Waals surface area contributed by atoms with Gasteiger partial charge in [0.1, 0.15) is 0 Å². The van der Waals surface area contributed by atoms with Crippen molar-refractivity contribution in [2.45, 2.75) is 0 Å². The first-order valence-electron chi connectivity index (χ1n) is 7.22. The van der Waals surface area contributed by atoms with Crippen LogP contribution >= 0.6 is 0 Å². The van der Waals surface area contributed by atoms with Crippen molar-refractivity contribution in [3.63, 3.8) is 0 Å². The molecule has 0 spiro atoms. The second kappa shape index (κ2) is 5.90. The van der Waals surface area contributed by atoms with Gasteiger partial charge in [0.2, 0.25) is 0 Å². The normalized spacial score (nSPS) is 15.6. The van der Waals surface area contributed by atoms with Gasteiger partial charge in [-0.15, -0.1) is 0 Å². The Kier molecular flexibility index (Phi) is 3.79. The molecule has 0 aromatic heterocycles. The highest BCUT2D eigenvalue weighted by Crippen LogP contribution is 2.37. The summed E-state index contributed by atoms with van der Waals surface area (Å²) in [6.45, 7) is 0. The molecule has 3 rings (SSSR count). The van der Waals surface area contributed by atoms with Gasteiger partial charge in [0.15, 0.2) is 0 Å². The van der Waals surface area contributed by atoms with Crippen LogP contribution in [0.25, 0.3) is 11.1 Å². The van der Waals surface area contributed by atoms with Crippen molar-refractivity contribution in [3.05, 3.63) is 78.0 Å². The first-order valence-corrected chi connectivity index (χ1v) is 7.22. The predicted molar refractivity (Wildman–Crippen MR) is 91.2 cm³/mol. The van der Waals surface area contributed by atoms with Crippen LogP contribution in [-0.4, -0.2) is 24.9 Å². The van der Waals surface area contributed by atoms with Gasteiger partial charge in [0.25, 0.3) is 5.91 Å². The number of nitrogens with one attached hydrogen (secondary N) is 1. The summed E-state index contributed by atoms with van der Waals surface area (Å²) in [5.74, 6) is -0.0524. The van der Waals surface area contributed by atoms with E-state index in [0.29, 0.717) is 0 Å². The van der Waals surface area contributed by atoms with Crippen molar-refractivity contribution in [1.82, 2.24) is 4.90 Å². The van der Waals surface area contributed by atoms with Crippen LogP contribution in [0.4, 0.5) is 5.69 Å². The maximum atomic E-state index is 12.5. The third kappa shape index (κ3) is 2.66. The fourth-order valence-corrected chi connectivity index (χ4v) is 2.55. The van der Waals surface area contributed by atoms with Gasteiger partial charge in [0.05, 0.1) is 5.57 Å². The molecule has 0 atom stereocenters. The van der Waals surface area contributed by atoms with Crippen LogP contribution in [0, 0.1) is 0 Å². The number of carbonyl (C=O) groups is 1. The van der Waals surface area contributed by atoms with Crippen LogP contribution in [0.5, 0.6) is 0 Å². The van der Waals surface area contributed by atoms with Gasteiger partial charge in [-0.25, -0.2) is 0 Å². The highest BCUT2D eigenvalue weighted by molar-refractivity contribution is 6.37. The summed E-state index contributed by atoms with van der Waals surface area (Å²) in [6.07, 6.45) is 3.95. The molecule has 3 heteroatoms. The second-order valence-electron chi connectivity index (χ2n) is 5.43. The molecule has 0 saturated heterocycles. The Morgan fingerprint density at radius 3 is 2.41 bits per heavy atom. The lowest BCUT2D eigenvalue weighted by Gasteiger charge is -2.10. The summed E-state index contributed by atoms with van der Waals surface area (Å²) < 4.78 is 0. The van der Waals surface area contributed by atoms with Gasteiger partial charge in [-0.05, 0) is 29.5 Å². The number of allylic oxidation sites excluding steroid dienone is 2. The summed E-state index contributed by atoms with van der Waals surface area (Å²) in [4.78, 5) is 14.4. The Morgan fingerprint density at radius 1 is 1.00 bits per heavy atom. The van der Waals surface area contributed by atoms with E-state index in [0.717, 1.165) is 28.0 Å². The SMILES string of the molecule is CN(C)/C=C/C(=C1\C(=O)Nc2ccccc21)c1ccccc1. The standard InChI is InChI=1S/C19H18N2O/c1-21(2)13-12-15(14-8-4-3-5-9-14)18-16-10-6-7-11-17(16)20-19(18)22/h3-13H,1-2H3,(H,20,22)/b13-12+,18-15+. The summed E-state index contributed by atoms with van der Waals surface area (Å²) >= 11 is 0. The largest absolute Gasteiger partial charge is 0.383 e. The van der Waals surface area contributed by atoms with E-state index in [4.69, 9.17) is 0 Å². The molecule has 0 radical (unpaired) electrons. The minimum absolute atomic E-state index is 0.0524. The van der Waals surface area contributed by atoms with Crippen LogP contribution < -0.4 is 5.32 Å². The molecule has 22 heavy (non-hydrogen) atoms. The van der Waals surface area contributed by atoms with E-state index in [-0.39, 0.29) is 5.91 Å². The Labute approximate surface area is 130 Å².